The van der Waals surface area contributed by atoms with E-state index in [9.17, 15) is 16.8 Å². The second-order valence-corrected chi connectivity index (χ2v) is 7.78. The number of hydrogen-bond donors (Lipinski definition) is 3. The van der Waals surface area contributed by atoms with Crippen LogP contribution in [0.25, 0.3) is 0 Å². The Morgan fingerprint density at radius 1 is 0.778 bits per heavy atom. The van der Waals surface area contributed by atoms with Gasteiger partial charge in [-0.05, 0) is 19.9 Å². The van der Waals surface area contributed by atoms with E-state index in [1.807, 2.05) is 6.92 Å². The van der Waals surface area contributed by atoms with Crippen molar-refractivity contribution >= 4 is 20.0 Å². The van der Waals surface area contributed by atoms with E-state index in [2.05, 4.69) is 14.8 Å². The summed E-state index contributed by atoms with van der Waals surface area (Å²) in [4.78, 5) is 0. The van der Waals surface area contributed by atoms with Crippen LogP contribution in [-0.4, -0.2) is 54.5 Å². The Morgan fingerprint density at radius 3 is 1.94 bits per heavy atom. The summed E-state index contributed by atoms with van der Waals surface area (Å²) < 4.78 is 49.7. The highest BCUT2D eigenvalue weighted by Crippen LogP contribution is 1.86. The van der Waals surface area contributed by atoms with Crippen molar-refractivity contribution in [2.75, 3.05) is 37.7 Å². The SMILES string of the molecule is CCCNCCNS(=O)(=O)CCNS(=O)(=O)CC. The summed E-state index contributed by atoms with van der Waals surface area (Å²) in [5.74, 6) is -0.304. The van der Waals surface area contributed by atoms with E-state index in [4.69, 9.17) is 0 Å². The molecule has 0 unspecified atom stereocenters. The van der Waals surface area contributed by atoms with E-state index in [0.717, 1.165) is 13.0 Å². The van der Waals surface area contributed by atoms with Crippen molar-refractivity contribution in [2.45, 2.75) is 20.3 Å². The van der Waals surface area contributed by atoms with E-state index >= 15 is 0 Å². The van der Waals surface area contributed by atoms with Crippen LogP contribution in [0.1, 0.15) is 20.3 Å². The minimum absolute atomic E-state index is 0.0542. The van der Waals surface area contributed by atoms with Gasteiger partial charge in [-0.3, -0.25) is 0 Å². The van der Waals surface area contributed by atoms with Gasteiger partial charge in [0.25, 0.3) is 0 Å². The molecule has 110 valence electrons. The molecule has 0 fully saturated rings. The largest absolute Gasteiger partial charge is 0.315 e. The topological polar surface area (TPSA) is 104 Å². The van der Waals surface area contributed by atoms with E-state index in [-0.39, 0.29) is 18.1 Å². The number of rotatable bonds is 11. The predicted molar refractivity (Wildman–Crippen MR) is 72.4 cm³/mol. The van der Waals surface area contributed by atoms with E-state index in [1.165, 1.54) is 6.92 Å². The molecule has 0 heterocycles. The lowest BCUT2D eigenvalue weighted by Gasteiger charge is -2.08. The highest BCUT2D eigenvalue weighted by molar-refractivity contribution is 7.90. The molecule has 0 aromatic carbocycles. The summed E-state index contributed by atoms with van der Waals surface area (Å²) in [5, 5.41) is 3.06. The summed E-state index contributed by atoms with van der Waals surface area (Å²) in [6, 6.07) is 0. The maximum atomic E-state index is 11.5. The third-order valence-corrected chi connectivity index (χ3v) is 4.91. The molecule has 7 nitrogen and oxygen atoms in total. The molecule has 0 aromatic heterocycles. The maximum Gasteiger partial charge on any atom is 0.212 e. The molecule has 9 heteroatoms. The Kier molecular flexibility index (Phi) is 8.70. The van der Waals surface area contributed by atoms with Gasteiger partial charge in [0.2, 0.25) is 20.0 Å². The van der Waals surface area contributed by atoms with Crippen LogP contribution in [0.3, 0.4) is 0 Å². The highest BCUT2D eigenvalue weighted by Gasteiger charge is 2.12. The smallest absolute Gasteiger partial charge is 0.212 e. The molecule has 0 bridgehead atoms. The van der Waals surface area contributed by atoms with Crippen molar-refractivity contribution in [2.24, 2.45) is 0 Å². The number of hydrogen-bond acceptors (Lipinski definition) is 5. The zero-order valence-corrected chi connectivity index (χ0v) is 12.5. The van der Waals surface area contributed by atoms with Gasteiger partial charge in [-0.15, -0.1) is 0 Å². The summed E-state index contributed by atoms with van der Waals surface area (Å²) in [7, 11) is -6.75. The standard InChI is InChI=1S/C9H23N3O4S2/c1-3-5-10-6-7-11-18(15,16)9-8-12-17(13,14)4-2/h10-12H,3-9H2,1-2H3. The zero-order valence-electron chi connectivity index (χ0n) is 10.9. The fraction of sp³-hybridized carbons (Fsp3) is 1.00. The van der Waals surface area contributed by atoms with Crippen molar-refractivity contribution in [3.05, 3.63) is 0 Å². The third kappa shape index (κ3) is 9.77. The Bertz CT molecular complexity index is 406. The fourth-order valence-electron chi connectivity index (χ4n) is 1.10. The normalized spacial score (nSPS) is 12.8. The molecule has 0 aromatic rings. The van der Waals surface area contributed by atoms with Gasteiger partial charge in [0, 0.05) is 19.6 Å². The lowest BCUT2D eigenvalue weighted by Crippen LogP contribution is -2.37. The van der Waals surface area contributed by atoms with Gasteiger partial charge < -0.3 is 5.32 Å². The molecule has 18 heavy (non-hydrogen) atoms. The third-order valence-electron chi connectivity index (χ3n) is 2.12. The van der Waals surface area contributed by atoms with E-state index in [0.29, 0.717) is 13.1 Å². The minimum Gasteiger partial charge on any atom is -0.315 e. The molecule has 0 aliphatic carbocycles. The maximum absolute atomic E-state index is 11.5. The quantitative estimate of drug-likeness (QED) is 0.418. The zero-order chi connectivity index (χ0) is 14.1. The van der Waals surface area contributed by atoms with Crippen molar-refractivity contribution in [1.82, 2.24) is 14.8 Å². The first-order valence-electron chi connectivity index (χ1n) is 5.98. The molecule has 3 N–H and O–H groups in total. The second-order valence-electron chi connectivity index (χ2n) is 3.76. The van der Waals surface area contributed by atoms with Gasteiger partial charge in [0.05, 0.1) is 11.5 Å². The molecule has 0 aliphatic rings. The number of sulfonamides is 2. The first-order valence-corrected chi connectivity index (χ1v) is 9.29. The molecule has 0 amide bonds. The Labute approximate surface area is 110 Å². The fourth-order valence-corrected chi connectivity index (χ4v) is 2.78. The van der Waals surface area contributed by atoms with Crippen molar-refractivity contribution in [1.29, 1.82) is 0 Å². The summed E-state index contributed by atoms with van der Waals surface area (Å²) in [6.45, 7) is 5.13. The molecule has 0 rings (SSSR count). The van der Waals surface area contributed by atoms with Gasteiger partial charge in [0.1, 0.15) is 0 Å². The number of nitrogens with one attached hydrogen (secondary N) is 3. The molecular weight excluding hydrogens is 278 g/mol. The first kappa shape index (κ1) is 17.8. The van der Waals surface area contributed by atoms with Crippen molar-refractivity contribution < 1.29 is 16.8 Å². The van der Waals surface area contributed by atoms with Crippen LogP contribution >= 0.6 is 0 Å². The van der Waals surface area contributed by atoms with Crippen LogP contribution in [-0.2, 0) is 20.0 Å². The monoisotopic (exact) mass is 301 g/mol. The van der Waals surface area contributed by atoms with Crippen molar-refractivity contribution in [3.63, 3.8) is 0 Å². The van der Waals surface area contributed by atoms with Crippen LogP contribution in [0.2, 0.25) is 0 Å². The van der Waals surface area contributed by atoms with Crippen LogP contribution in [0.5, 0.6) is 0 Å². The second kappa shape index (κ2) is 8.81. The Hall–Kier alpha value is -0.220. The van der Waals surface area contributed by atoms with Crippen LogP contribution < -0.4 is 14.8 Å². The average Bonchev–Trinajstić information content (AvgIpc) is 2.28. The highest BCUT2D eigenvalue weighted by atomic mass is 32.2. The Morgan fingerprint density at radius 2 is 1.39 bits per heavy atom. The van der Waals surface area contributed by atoms with Gasteiger partial charge in [0.15, 0.2) is 0 Å². The van der Waals surface area contributed by atoms with E-state index in [1.54, 1.807) is 0 Å². The molecule has 0 radical (unpaired) electrons. The van der Waals surface area contributed by atoms with Crippen molar-refractivity contribution in [3.8, 4) is 0 Å². The van der Waals surface area contributed by atoms with Gasteiger partial charge in [-0.25, -0.2) is 26.3 Å². The summed E-state index contributed by atoms with van der Waals surface area (Å²) in [6.07, 6.45) is 0.992. The molecular formula is C9H23N3O4S2. The lowest BCUT2D eigenvalue weighted by molar-refractivity contribution is 0.571. The van der Waals surface area contributed by atoms with Crippen LogP contribution in [0, 0.1) is 0 Å². The van der Waals surface area contributed by atoms with E-state index < -0.39 is 20.0 Å². The van der Waals surface area contributed by atoms with Gasteiger partial charge in [-0.2, -0.15) is 0 Å². The summed E-state index contributed by atoms with van der Waals surface area (Å²) in [5.41, 5.74) is 0. The van der Waals surface area contributed by atoms with Crippen LogP contribution in [0.15, 0.2) is 0 Å². The lowest BCUT2D eigenvalue weighted by atomic mass is 10.5. The summed E-state index contributed by atoms with van der Waals surface area (Å²) >= 11 is 0. The molecule has 0 aliphatic heterocycles. The first-order chi connectivity index (χ1) is 8.33. The molecule has 0 saturated carbocycles. The molecule has 0 saturated heterocycles. The van der Waals surface area contributed by atoms with Gasteiger partial charge in [-0.1, -0.05) is 6.92 Å². The minimum atomic E-state index is -3.42. The average molecular weight is 301 g/mol. The molecule has 0 atom stereocenters. The predicted octanol–water partition coefficient (Wildman–Crippen LogP) is -1.16. The van der Waals surface area contributed by atoms with Gasteiger partial charge >= 0.3 is 0 Å². The Balaban J connectivity index is 3.81. The van der Waals surface area contributed by atoms with Crippen LogP contribution in [0.4, 0.5) is 0 Å². The molecule has 0 spiro atoms.